The van der Waals surface area contributed by atoms with Crippen molar-refractivity contribution in [3.8, 4) is 0 Å². The van der Waals surface area contributed by atoms with Crippen molar-refractivity contribution in [3.05, 3.63) is 13.1 Å². The largest absolute Gasteiger partial charge is 1.00 e. The van der Waals surface area contributed by atoms with E-state index in [1.807, 2.05) is 13.8 Å². The molecule has 16 heavy (non-hydrogen) atoms. The molecule has 0 aliphatic heterocycles. The molecule has 0 aromatic heterocycles. The van der Waals surface area contributed by atoms with Crippen molar-refractivity contribution >= 4 is 0 Å². The van der Waals surface area contributed by atoms with Crippen LogP contribution in [0, 0.1) is 23.7 Å². The smallest absolute Gasteiger partial charge is 0.512 e. The zero-order valence-corrected chi connectivity index (χ0v) is 13.0. The number of nitrogens with two attached hydrogens (primary N) is 4. The average molecular weight is 505 g/mol. The maximum absolute atomic E-state index is 6.25. The van der Waals surface area contributed by atoms with Crippen LogP contribution in [0.4, 0.5) is 0 Å². The third-order valence-electron chi connectivity index (χ3n) is 0.744. The molecule has 0 spiro atoms. The monoisotopic (exact) mass is 504 g/mol. The van der Waals surface area contributed by atoms with Crippen molar-refractivity contribution in [2.45, 2.75) is 25.9 Å². The molecule has 0 aromatic rings. The summed E-state index contributed by atoms with van der Waals surface area (Å²) < 4.78 is 0. The minimum atomic E-state index is 0. The molecule has 0 saturated carbocycles. The Balaban J connectivity index is -0.0000000218. The van der Waals surface area contributed by atoms with Crippen molar-refractivity contribution in [1.82, 2.24) is 0 Å². The van der Waals surface area contributed by atoms with Gasteiger partial charge in [-0.05, 0) is 13.8 Å². The Morgan fingerprint density at radius 2 is 0.938 bits per heavy atom. The maximum atomic E-state index is 6.25. The summed E-state index contributed by atoms with van der Waals surface area (Å²) >= 11 is 0. The molecule has 0 aromatic carbocycles. The molecule has 2 atom stereocenters. The number of nitrogens with zero attached hydrogens (tertiary/aromatic N) is 2. The van der Waals surface area contributed by atoms with Crippen LogP contribution in [0.15, 0.2) is 0 Å². The van der Waals surface area contributed by atoms with Crippen molar-refractivity contribution in [2.24, 2.45) is 22.9 Å². The van der Waals surface area contributed by atoms with Crippen LogP contribution in [0.2, 0.25) is 0 Å². The van der Waals surface area contributed by atoms with Crippen LogP contribution >= 0.6 is 0 Å². The van der Waals surface area contributed by atoms with E-state index in [1.165, 1.54) is 0 Å². The Kier molecular flexibility index (Phi) is 102. The van der Waals surface area contributed by atoms with Gasteiger partial charge in [0.25, 0.3) is 0 Å². The molecule has 0 aliphatic rings. The van der Waals surface area contributed by atoms with Crippen LogP contribution in [-0.2, 0) is 44.8 Å². The summed E-state index contributed by atoms with van der Waals surface area (Å²) in [5, 5.41) is 12.5. The third kappa shape index (κ3) is 137. The Morgan fingerprint density at radius 1 is 0.875 bits per heavy atom. The molecular formula is C8H20AgAuN6. The Hall–Kier alpha value is 0.301. The molecule has 6 nitrogen and oxygen atoms in total. The summed E-state index contributed by atoms with van der Waals surface area (Å²) in [4.78, 5) is 0. The summed E-state index contributed by atoms with van der Waals surface area (Å²) in [6.45, 7) is 14.4. The van der Waals surface area contributed by atoms with Crippen LogP contribution in [0.5, 0.6) is 0 Å². The van der Waals surface area contributed by atoms with E-state index in [4.69, 9.17) is 46.6 Å². The van der Waals surface area contributed by atoms with E-state index in [2.05, 4.69) is 0 Å². The summed E-state index contributed by atoms with van der Waals surface area (Å²) in [6, 6.07) is 0.324. The second-order valence-corrected chi connectivity index (χ2v) is 2.43. The van der Waals surface area contributed by atoms with Crippen molar-refractivity contribution in [1.29, 1.82) is 10.5 Å². The quantitative estimate of drug-likeness (QED) is 0.273. The van der Waals surface area contributed by atoms with Gasteiger partial charge >= 0.3 is 44.8 Å². The minimum absolute atomic E-state index is 0. The molecule has 0 fully saturated rings. The average Bonchev–Trinajstić information content (AvgIpc) is 2.24. The van der Waals surface area contributed by atoms with Gasteiger partial charge in [-0.15, -0.1) is 0 Å². The van der Waals surface area contributed by atoms with Crippen LogP contribution in [0.1, 0.15) is 13.8 Å². The van der Waals surface area contributed by atoms with Crippen LogP contribution in [0.25, 0.3) is 0 Å². The standard InChI is InChI=1S/2C3H10N2.2CN.Ag.Au/c2*1-3(5)2-4;2*1-2;;/h2*3H,2,4-5H2,1H3;;;;/q;;2*-1;2*+1. The molecule has 0 saturated heterocycles. The van der Waals surface area contributed by atoms with Gasteiger partial charge in [0.15, 0.2) is 0 Å². The zero-order valence-electron chi connectivity index (χ0n) is 9.38. The van der Waals surface area contributed by atoms with Gasteiger partial charge in [-0.3, -0.25) is 0 Å². The number of rotatable bonds is 2. The summed E-state index contributed by atoms with van der Waals surface area (Å²) in [6.07, 6.45) is 0. The van der Waals surface area contributed by atoms with E-state index in [0.717, 1.165) is 0 Å². The molecule has 8 heteroatoms. The number of hydrogen-bond donors (Lipinski definition) is 4. The molecule has 0 rings (SSSR count). The fraction of sp³-hybridized carbons (Fsp3) is 0.750. The topological polar surface area (TPSA) is 152 Å². The first-order chi connectivity index (χ1) is 6.54. The third-order valence-corrected chi connectivity index (χ3v) is 0.744. The number of hydrogen-bond acceptors (Lipinski definition) is 6. The molecule has 0 aliphatic carbocycles. The van der Waals surface area contributed by atoms with E-state index in [1.54, 1.807) is 0 Å². The van der Waals surface area contributed by atoms with E-state index in [-0.39, 0.29) is 56.8 Å². The second-order valence-electron chi connectivity index (χ2n) is 2.43. The fourth-order valence-electron chi connectivity index (χ4n) is 0. The summed E-state index contributed by atoms with van der Waals surface area (Å²) in [5.41, 5.74) is 20.4. The molecule has 8 N–H and O–H groups in total. The molecule has 0 bridgehead atoms. The summed E-state index contributed by atoms with van der Waals surface area (Å²) in [5.74, 6) is 0. The summed E-state index contributed by atoms with van der Waals surface area (Å²) in [7, 11) is 0. The first-order valence-electron chi connectivity index (χ1n) is 3.90. The zero-order chi connectivity index (χ0) is 12.6. The van der Waals surface area contributed by atoms with E-state index in [9.17, 15) is 0 Å². The van der Waals surface area contributed by atoms with Gasteiger partial charge in [-0.1, -0.05) is 0 Å². The van der Waals surface area contributed by atoms with E-state index < -0.39 is 0 Å². The fourth-order valence-corrected chi connectivity index (χ4v) is 0. The molecule has 0 heterocycles. The Labute approximate surface area is 130 Å². The molecule has 0 radical (unpaired) electrons. The van der Waals surface area contributed by atoms with Gasteiger partial charge < -0.3 is 46.6 Å². The first-order valence-corrected chi connectivity index (χ1v) is 3.90. The van der Waals surface area contributed by atoms with Crippen molar-refractivity contribution < 1.29 is 44.8 Å². The normalized spacial score (nSPS) is 9.62. The van der Waals surface area contributed by atoms with Crippen molar-refractivity contribution in [3.63, 3.8) is 0 Å². The first kappa shape index (κ1) is 36.0. The molecule has 2 unspecified atom stereocenters. The Morgan fingerprint density at radius 3 is 0.938 bits per heavy atom. The van der Waals surface area contributed by atoms with Gasteiger partial charge in [-0.2, -0.15) is 0 Å². The van der Waals surface area contributed by atoms with Gasteiger partial charge in [0.2, 0.25) is 0 Å². The SMILES string of the molecule is CC(N)CN.CC(N)CN.[Ag+].[Au+].[C-]#N.[C-]#N. The minimum Gasteiger partial charge on any atom is -0.512 e. The maximum Gasteiger partial charge on any atom is 1.00 e. The van der Waals surface area contributed by atoms with Crippen molar-refractivity contribution in [2.75, 3.05) is 13.1 Å². The van der Waals surface area contributed by atoms with Gasteiger partial charge in [0, 0.05) is 25.2 Å². The van der Waals surface area contributed by atoms with Gasteiger partial charge in [-0.25, -0.2) is 0 Å². The van der Waals surface area contributed by atoms with Gasteiger partial charge in [0.05, 0.1) is 0 Å². The predicted molar refractivity (Wildman–Crippen MR) is 55.3 cm³/mol. The van der Waals surface area contributed by atoms with Gasteiger partial charge in [0.1, 0.15) is 0 Å². The van der Waals surface area contributed by atoms with Crippen LogP contribution < -0.4 is 22.9 Å². The second kappa shape index (κ2) is 45.4. The molecular weight excluding hydrogens is 485 g/mol. The predicted octanol–water partition coefficient (Wildman–Crippen LogP) is -1.23. The van der Waals surface area contributed by atoms with E-state index in [0.29, 0.717) is 13.1 Å². The van der Waals surface area contributed by atoms with Crippen LogP contribution in [0.3, 0.4) is 0 Å². The van der Waals surface area contributed by atoms with Crippen LogP contribution in [-0.4, -0.2) is 25.2 Å². The van der Waals surface area contributed by atoms with E-state index >= 15 is 0 Å². The molecule has 104 valence electrons. The Bertz CT molecular complexity index is 104. The molecule has 0 amide bonds.